The average Bonchev–Trinajstić information content (AvgIpc) is 2.82. The zero-order valence-corrected chi connectivity index (χ0v) is 19.8. The molecular weight excluding hydrogens is 376 g/mol. The van der Waals surface area contributed by atoms with Crippen LogP contribution in [0.4, 0.5) is 0 Å². The number of rotatable bonds is 10. The summed E-state index contributed by atoms with van der Waals surface area (Å²) in [5.74, 6) is 2.24. The van der Waals surface area contributed by atoms with Gasteiger partial charge in [0.2, 0.25) is 0 Å². The standard InChI is InChI=1S/C29H40N2/c1-4-6-11-24-14-16-25(17-15-24)22-30-31-29(27-12-8-7-9-13-27)28-20-18-26(19-21-28)23(3)10-5-2/h7-9,12-17,22-23,26,28H,4-6,10-11,18-21H2,1-3H3. The molecule has 0 radical (unpaired) electrons. The van der Waals surface area contributed by atoms with E-state index in [0.29, 0.717) is 5.92 Å². The van der Waals surface area contributed by atoms with E-state index in [4.69, 9.17) is 5.10 Å². The predicted octanol–water partition coefficient (Wildman–Crippen LogP) is 8.10. The summed E-state index contributed by atoms with van der Waals surface area (Å²) in [6.45, 7) is 6.99. The molecule has 1 unspecified atom stereocenters. The van der Waals surface area contributed by atoms with Crippen molar-refractivity contribution in [2.45, 2.75) is 78.6 Å². The molecule has 0 aromatic heterocycles. The Morgan fingerprint density at radius 3 is 2.29 bits per heavy atom. The van der Waals surface area contributed by atoms with Gasteiger partial charge in [-0.2, -0.15) is 10.2 Å². The molecule has 0 spiro atoms. The molecule has 0 saturated heterocycles. The lowest BCUT2D eigenvalue weighted by Gasteiger charge is -2.32. The van der Waals surface area contributed by atoms with Crippen LogP contribution in [0.15, 0.2) is 64.8 Å². The summed E-state index contributed by atoms with van der Waals surface area (Å²) >= 11 is 0. The van der Waals surface area contributed by atoms with Crippen molar-refractivity contribution in [1.82, 2.24) is 0 Å². The van der Waals surface area contributed by atoms with Gasteiger partial charge in [-0.1, -0.05) is 94.6 Å². The number of nitrogens with zero attached hydrogens (tertiary/aromatic N) is 2. The maximum atomic E-state index is 4.78. The van der Waals surface area contributed by atoms with Crippen LogP contribution in [0, 0.1) is 17.8 Å². The molecule has 1 aliphatic carbocycles. The summed E-state index contributed by atoms with van der Waals surface area (Å²) in [6.07, 6.45) is 13.3. The van der Waals surface area contributed by atoms with E-state index in [0.717, 1.165) is 29.5 Å². The van der Waals surface area contributed by atoms with Gasteiger partial charge in [0.1, 0.15) is 0 Å². The second-order valence-corrected chi connectivity index (χ2v) is 9.32. The lowest BCUT2D eigenvalue weighted by atomic mass is 9.73. The Hall–Kier alpha value is -2.22. The van der Waals surface area contributed by atoms with Gasteiger partial charge in [0.25, 0.3) is 0 Å². The summed E-state index contributed by atoms with van der Waals surface area (Å²) in [5.41, 5.74) is 4.91. The fourth-order valence-corrected chi connectivity index (χ4v) is 4.95. The molecule has 0 bridgehead atoms. The van der Waals surface area contributed by atoms with E-state index in [-0.39, 0.29) is 0 Å². The fourth-order valence-electron chi connectivity index (χ4n) is 4.95. The van der Waals surface area contributed by atoms with Crippen molar-refractivity contribution >= 4 is 11.9 Å². The topological polar surface area (TPSA) is 24.7 Å². The van der Waals surface area contributed by atoms with Crippen molar-refractivity contribution in [2.24, 2.45) is 28.0 Å². The first-order chi connectivity index (χ1) is 15.2. The Kier molecular flexibility index (Phi) is 9.52. The molecule has 166 valence electrons. The lowest BCUT2D eigenvalue weighted by molar-refractivity contribution is 0.232. The highest BCUT2D eigenvalue weighted by Crippen LogP contribution is 2.36. The monoisotopic (exact) mass is 416 g/mol. The molecule has 2 nitrogen and oxygen atoms in total. The normalized spacial score (nSPS) is 20.8. The minimum absolute atomic E-state index is 0.515. The van der Waals surface area contributed by atoms with Gasteiger partial charge in [-0.05, 0) is 67.1 Å². The maximum Gasteiger partial charge on any atom is 0.0733 e. The number of unbranched alkanes of at least 4 members (excludes halogenated alkanes) is 1. The minimum Gasteiger partial charge on any atom is -0.158 e. The molecule has 0 aliphatic heterocycles. The van der Waals surface area contributed by atoms with Gasteiger partial charge >= 0.3 is 0 Å². The molecule has 2 aromatic rings. The number of hydrogen-bond acceptors (Lipinski definition) is 2. The summed E-state index contributed by atoms with van der Waals surface area (Å²) in [5, 5.41) is 9.31. The van der Waals surface area contributed by atoms with Gasteiger partial charge in [0.15, 0.2) is 0 Å². The molecule has 2 heteroatoms. The van der Waals surface area contributed by atoms with Gasteiger partial charge in [-0.3, -0.25) is 0 Å². The summed E-state index contributed by atoms with van der Waals surface area (Å²) in [4.78, 5) is 0. The highest BCUT2D eigenvalue weighted by molar-refractivity contribution is 6.02. The first kappa shape index (κ1) is 23.4. The largest absolute Gasteiger partial charge is 0.158 e. The Morgan fingerprint density at radius 1 is 0.935 bits per heavy atom. The van der Waals surface area contributed by atoms with Crippen LogP contribution in [-0.2, 0) is 6.42 Å². The SMILES string of the molecule is CCCCc1ccc(C=NN=C(c2ccccc2)C2CCC(C(C)CCC)CC2)cc1. The van der Waals surface area contributed by atoms with E-state index in [1.807, 2.05) is 6.21 Å². The Morgan fingerprint density at radius 2 is 1.65 bits per heavy atom. The second kappa shape index (κ2) is 12.6. The van der Waals surface area contributed by atoms with Crippen molar-refractivity contribution in [2.75, 3.05) is 0 Å². The van der Waals surface area contributed by atoms with Gasteiger partial charge < -0.3 is 0 Å². The molecular formula is C29H40N2. The molecule has 0 amide bonds. The van der Waals surface area contributed by atoms with E-state index in [9.17, 15) is 0 Å². The van der Waals surface area contributed by atoms with Crippen LogP contribution in [0.3, 0.4) is 0 Å². The number of aryl methyl sites for hydroxylation is 1. The van der Waals surface area contributed by atoms with Crippen LogP contribution in [0.2, 0.25) is 0 Å². The smallest absolute Gasteiger partial charge is 0.0733 e. The van der Waals surface area contributed by atoms with Crippen LogP contribution in [-0.4, -0.2) is 11.9 Å². The van der Waals surface area contributed by atoms with E-state index in [2.05, 4.69) is 80.5 Å². The fraction of sp³-hybridized carbons (Fsp3) is 0.517. The average molecular weight is 417 g/mol. The minimum atomic E-state index is 0.515. The summed E-state index contributed by atoms with van der Waals surface area (Å²) in [6, 6.07) is 19.4. The lowest BCUT2D eigenvalue weighted by Crippen LogP contribution is -2.25. The highest BCUT2D eigenvalue weighted by atomic mass is 15.2. The highest BCUT2D eigenvalue weighted by Gasteiger charge is 2.28. The molecule has 1 saturated carbocycles. The first-order valence-electron chi connectivity index (χ1n) is 12.5. The van der Waals surface area contributed by atoms with Crippen LogP contribution in [0.25, 0.3) is 0 Å². The zero-order valence-electron chi connectivity index (χ0n) is 19.8. The molecule has 2 aromatic carbocycles. The molecule has 1 aliphatic rings. The van der Waals surface area contributed by atoms with Crippen LogP contribution < -0.4 is 0 Å². The Bertz CT molecular complexity index is 812. The van der Waals surface area contributed by atoms with E-state index >= 15 is 0 Å². The predicted molar refractivity (Wildman–Crippen MR) is 135 cm³/mol. The summed E-state index contributed by atoms with van der Waals surface area (Å²) in [7, 11) is 0. The van der Waals surface area contributed by atoms with Crippen LogP contribution in [0.1, 0.15) is 88.8 Å². The maximum absolute atomic E-state index is 4.78. The number of hydrogen-bond donors (Lipinski definition) is 0. The van der Waals surface area contributed by atoms with Gasteiger partial charge in [-0.25, -0.2) is 0 Å². The van der Waals surface area contributed by atoms with Crippen LogP contribution in [0.5, 0.6) is 0 Å². The van der Waals surface area contributed by atoms with Crippen molar-refractivity contribution < 1.29 is 0 Å². The first-order valence-corrected chi connectivity index (χ1v) is 12.5. The summed E-state index contributed by atoms with van der Waals surface area (Å²) < 4.78 is 0. The third kappa shape index (κ3) is 7.16. The number of benzene rings is 2. The molecule has 1 fully saturated rings. The molecule has 0 heterocycles. The molecule has 31 heavy (non-hydrogen) atoms. The third-order valence-electron chi connectivity index (χ3n) is 6.95. The molecule has 0 N–H and O–H groups in total. The van der Waals surface area contributed by atoms with Crippen LogP contribution >= 0.6 is 0 Å². The molecule has 1 atom stereocenters. The quantitative estimate of drug-likeness (QED) is 0.276. The van der Waals surface area contributed by atoms with Crippen molar-refractivity contribution in [1.29, 1.82) is 0 Å². The van der Waals surface area contributed by atoms with Crippen molar-refractivity contribution in [3.8, 4) is 0 Å². The third-order valence-corrected chi connectivity index (χ3v) is 6.95. The van der Waals surface area contributed by atoms with Gasteiger partial charge in [-0.15, -0.1) is 0 Å². The van der Waals surface area contributed by atoms with E-state index < -0.39 is 0 Å². The Labute approximate surface area is 189 Å². The van der Waals surface area contributed by atoms with Gasteiger partial charge in [0, 0.05) is 5.92 Å². The van der Waals surface area contributed by atoms with E-state index in [1.54, 1.807) is 0 Å². The van der Waals surface area contributed by atoms with Crippen molar-refractivity contribution in [3.63, 3.8) is 0 Å². The van der Waals surface area contributed by atoms with Gasteiger partial charge in [0.05, 0.1) is 11.9 Å². The van der Waals surface area contributed by atoms with E-state index in [1.165, 1.54) is 62.5 Å². The second-order valence-electron chi connectivity index (χ2n) is 9.32. The van der Waals surface area contributed by atoms with Crippen molar-refractivity contribution in [3.05, 3.63) is 71.3 Å². The Balaban J connectivity index is 1.70. The molecule has 3 rings (SSSR count). The zero-order chi connectivity index (χ0) is 21.9.